The van der Waals surface area contributed by atoms with Crippen LogP contribution in [0.1, 0.15) is 5.82 Å². The van der Waals surface area contributed by atoms with Crippen LogP contribution >= 0.6 is 15.9 Å². The molecule has 0 bridgehead atoms. The fraction of sp³-hybridized carbons (Fsp3) is 0.0769. The second-order valence-electron chi connectivity index (χ2n) is 3.89. The molecule has 0 atom stereocenters. The van der Waals surface area contributed by atoms with Crippen LogP contribution in [0.2, 0.25) is 0 Å². The van der Waals surface area contributed by atoms with E-state index in [0.29, 0.717) is 21.9 Å². The summed E-state index contributed by atoms with van der Waals surface area (Å²) in [5, 5.41) is 0.720. The Hall–Kier alpha value is -1.75. The molecule has 0 aliphatic carbocycles. The summed E-state index contributed by atoms with van der Waals surface area (Å²) < 4.78 is 19.7. The predicted molar refractivity (Wildman–Crippen MR) is 69.6 cm³/mol. The van der Waals surface area contributed by atoms with Crippen LogP contribution in [0.5, 0.6) is 0 Å². The van der Waals surface area contributed by atoms with Gasteiger partial charge in [-0.15, -0.1) is 0 Å². The van der Waals surface area contributed by atoms with Gasteiger partial charge in [0.15, 0.2) is 17.2 Å². The van der Waals surface area contributed by atoms with Crippen molar-refractivity contribution in [2.45, 2.75) is 6.92 Å². The Balaban J connectivity index is 2.22. The molecule has 0 aliphatic rings. The third-order valence-corrected chi connectivity index (χ3v) is 2.96. The minimum absolute atomic E-state index is 0.250. The molecule has 2 heterocycles. The average Bonchev–Trinajstić information content (AvgIpc) is 2.73. The second kappa shape index (κ2) is 4.17. The summed E-state index contributed by atoms with van der Waals surface area (Å²) in [5.41, 5.74) is 0.880. The maximum Gasteiger partial charge on any atom is 0.170 e. The van der Waals surface area contributed by atoms with Crippen molar-refractivity contribution in [1.82, 2.24) is 9.97 Å². The van der Waals surface area contributed by atoms with Crippen LogP contribution < -0.4 is 0 Å². The van der Waals surface area contributed by atoms with Crippen molar-refractivity contribution in [2.24, 2.45) is 0 Å². The maximum absolute atomic E-state index is 13.5. The van der Waals surface area contributed by atoms with Crippen LogP contribution in [-0.4, -0.2) is 9.97 Å². The lowest BCUT2D eigenvalue weighted by molar-refractivity contribution is 0.567. The van der Waals surface area contributed by atoms with Gasteiger partial charge >= 0.3 is 0 Å². The van der Waals surface area contributed by atoms with E-state index in [1.165, 1.54) is 6.07 Å². The number of hydrogen-bond acceptors (Lipinski definition) is 3. The molecule has 0 fully saturated rings. The summed E-state index contributed by atoms with van der Waals surface area (Å²) in [4.78, 5) is 8.39. The van der Waals surface area contributed by atoms with Gasteiger partial charge in [0.25, 0.3) is 0 Å². The molecule has 5 heteroatoms. The van der Waals surface area contributed by atoms with E-state index in [0.717, 1.165) is 5.39 Å². The lowest BCUT2D eigenvalue weighted by atomic mass is 10.2. The molecule has 3 aromatic rings. The van der Waals surface area contributed by atoms with E-state index in [9.17, 15) is 4.39 Å². The van der Waals surface area contributed by atoms with E-state index in [-0.39, 0.29) is 11.4 Å². The van der Waals surface area contributed by atoms with Crippen LogP contribution in [-0.2, 0) is 0 Å². The molecule has 0 spiro atoms. The first-order chi connectivity index (χ1) is 8.63. The standard InChI is InChI=1S/C13H8BrFN2O/c1-7-16-10(6-12(14)17-7)11-5-8-3-2-4-9(15)13(8)18-11/h2-6H,1H3. The van der Waals surface area contributed by atoms with E-state index in [4.69, 9.17) is 4.42 Å². The van der Waals surface area contributed by atoms with Gasteiger partial charge in [-0.1, -0.05) is 12.1 Å². The monoisotopic (exact) mass is 306 g/mol. The predicted octanol–water partition coefficient (Wildman–Crippen LogP) is 4.10. The lowest BCUT2D eigenvalue weighted by Crippen LogP contribution is -1.90. The molecule has 3 rings (SSSR count). The highest BCUT2D eigenvalue weighted by molar-refractivity contribution is 9.10. The van der Waals surface area contributed by atoms with Crippen molar-refractivity contribution in [2.75, 3.05) is 0 Å². The molecule has 0 N–H and O–H groups in total. The Bertz CT molecular complexity index is 719. The van der Waals surface area contributed by atoms with Crippen LogP contribution in [0.15, 0.2) is 39.4 Å². The minimum Gasteiger partial charge on any atom is -0.451 e. The Morgan fingerprint density at radius 1 is 1.22 bits per heavy atom. The molecule has 0 saturated carbocycles. The first-order valence-electron chi connectivity index (χ1n) is 5.33. The summed E-state index contributed by atoms with van der Waals surface area (Å²) in [6.07, 6.45) is 0. The third-order valence-electron chi connectivity index (χ3n) is 2.56. The van der Waals surface area contributed by atoms with Gasteiger partial charge in [0.05, 0.1) is 0 Å². The van der Waals surface area contributed by atoms with Gasteiger partial charge in [0.1, 0.15) is 16.1 Å². The number of para-hydroxylation sites is 1. The van der Waals surface area contributed by atoms with Gasteiger partial charge in [-0.2, -0.15) is 0 Å². The fourth-order valence-corrected chi connectivity index (χ4v) is 2.28. The van der Waals surface area contributed by atoms with Crippen molar-refractivity contribution < 1.29 is 8.81 Å². The van der Waals surface area contributed by atoms with Gasteiger partial charge in [0.2, 0.25) is 0 Å². The topological polar surface area (TPSA) is 38.9 Å². The van der Waals surface area contributed by atoms with Gasteiger partial charge in [-0.05, 0) is 35.0 Å². The van der Waals surface area contributed by atoms with Gasteiger partial charge in [-0.3, -0.25) is 0 Å². The molecule has 90 valence electrons. The van der Waals surface area contributed by atoms with Crippen LogP contribution in [0.25, 0.3) is 22.4 Å². The zero-order chi connectivity index (χ0) is 12.7. The number of aromatic nitrogens is 2. The van der Waals surface area contributed by atoms with Crippen LogP contribution in [0.3, 0.4) is 0 Å². The van der Waals surface area contributed by atoms with Crippen LogP contribution in [0, 0.1) is 12.7 Å². The maximum atomic E-state index is 13.5. The number of rotatable bonds is 1. The molecule has 3 nitrogen and oxygen atoms in total. The summed E-state index contributed by atoms with van der Waals surface area (Å²) in [5.74, 6) is 0.783. The number of aryl methyl sites for hydroxylation is 1. The van der Waals surface area contributed by atoms with Gasteiger partial charge < -0.3 is 4.42 Å². The van der Waals surface area contributed by atoms with E-state index >= 15 is 0 Å². The molecular formula is C13H8BrFN2O. The smallest absolute Gasteiger partial charge is 0.170 e. The number of furan rings is 1. The second-order valence-corrected chi connectivity index (χ2v) is 4.70. The highest BCUT2D eigenvalue weighted by Gasteiger charge is 2.11. The zero-order valence-corrected chi connectivity index (χ0v) is 11.0. The molecular weight excluding hydrogens is 299 g/mol. The fourth-order valence-electron chi connectivity index (χ4n) is 1.81. The summed E-state index contributed by atoms with van der Waals surface area (Å²) >= 11 is 3.30. The first-order valence-corrected chi connectivity index (χ1v) is 6.12. The number of fused-ring (bicyclic) bond motifs is 1. The lowest BCUT2D eigenvalue weighted by Gasteiger charge is -1.98. The van der Waals surface area contributed by atoms with Crippen molar-refractivity contribution in [3.05, 3.63) is 46.6 Å². The molecule has 2 aromatic heterocycles. The number of hydrogen-bond donors (Lipinski definition) is 0. The highest BCUT2D eigenvalue weighted by Crippen LogP contribution is 2.29. The number of benzene rings is 1. The van der Waals surface area contributed by atoms with E-state index in [1.54, 1.807) is 31.2 Å². The Kier molecular flexibility index (Phi) is 2.63. The summed E-state index contributed by atoms with van der Waals surface area (Å²) in [6.45, 7) is 1.79. The minimum atomic E-state index is -0.372. The Morgan fingerprint density at radius 3 is 2.78 bits per heavy atom. The Morgan fingerprint density at radius 2 is 2.06 bits per heavy atom. The largest absolute Gasteiger partial charge is 0.451 e. The first kappa shape index (κ1) is 11.3. The molecule has 0 amide bonds. The molecule has 0 radical (unpaired) electrons. The molecule has 18 heavy (non-hydrogen) atoms. The number of nitrogens with zero attached hydrogens (tertiary/aromatic N) is 2. The average molecular weight is 307 g/mol. The SMILES string of the molecule is Cc1nc(Br)cc(-c2cc3cccc(F)c3o2)n1. The highest BCUT2D eigenvalue weighted by atomic mass is 79.9. The molecule has 0 unspecified atom stereocenters. The Labute approximate surface area is 111 Å². The third kappa shape index (κ3) is 1.90. The van der Waals surface area contributed by atoms with E-state index < -0.39 is 0 Å². The van der Waals surface area contributed by atoms with E-state index in [2.05, 4.69) is 25.9 Å². The van der Waals surface area contributed by atoms with Crippen molar-refractivity contribution in [3.63, 3.8) is 0 Å². The summed E-state index contributed by atoms with van der Waals surface area (Å²) in [6, 6.07) is 8.33. The van der Waals surface area contributed by atoms with Gasteiger partial charge in [-0.25, -0.2) is 14.4 Å². The van der Waals surface area contributed by atoms with Gasteiger partial charge in [0, 0.05) is 11.5 Å². The normalized spacial score (nSPS) is 11.1. The molecule has 1 aromatic carbocycles. The van der Waals surface area contributed by atoms with Crippen molar-refractivity contribution in [1.29, 1.82) is 0 Å². The van der Waals surface area contributed by atoms with Crippen LogP contribution in [0.4, 0.5) is 4.39 Å². The molecule has 0 saturated heterocycles. The number of halogens is 2. The van der Waals surface area contributed by atoms with Crippen molar-refractivity contribution in [3.8, 4) is 11.5 Å². The zero-order valence-electron chi connectivity index (χ0n) is 9.45. The quantitative estimate of drug-likeness (QED) is 0.635. The van der Waals surface area contributed by atoms with E-state index in [1.807, 2.05) is 0 Å². The molecule has 0 aliphatic heterocycles. The summed E-state index contributed by atoms with van der Waals surface area (Å²) in [7, 11) is 0. The van der Waals surface area contributed by atoms with Crippen molar-refractivity contribution >= 4 is 26.9 Å².